The molecule has 88 valence electrons. The summed E-state index contributed by atoms with van der Waals surface area (Å²) < 4.78 is 0. The standard InChI is InChI=1S/C11H19Cl2NO/c1-3-11(2,15)5-4-8-14(9-6-12)10-7-13/h15H,3,6-10H2,1-2H3. The van der Waals surface area contributed by atoms with Crippen LogP contribution < -0.4 is 0 Å². The highest BCUT2D eigenvalue weighted by Crippen LogP contribution is 2.05. The number of hydrogen-bond acceptors (Lipinski definition) is 2. The lowest BCUT2D eigenvalue weighted by Gasteiger charge is -2.17. The first kappa shape index (κ1) is 15.1. The maximum atomic E-state index is 9.65. The summed E-state index contributed by atoms with van der Waals surface area (Å²) in [5, 5.41) is 9.65. The normalized spacial score (nSPS) is 14.5. The molecule has 0 saturated carbocycles. The molecular formula is C11H19Cl2NO. The summed E-state index contributed by atoms with van der Waals surface area (Å²) in [5.41, 5.74) is -0.881. The van der Waals surface area contributed by atoms with E-state index >= 15 is 0 Å². The highest BCUT2D eigenvalue weighted by molar-refractivity contribution is 6.18. The summed E-state index contributed by atoms with van der Waals surface area (Å²) in [6.07, 6.45) is 0.630. The Kier molecular flexibility index (Phi) is 8.27. The molecule has 1 unspecified atom stereocenters. The molecule has 4 heteroatoms. The predicted molar refractivity (Wildman–Crippen MR) is 66.6 cm³/mol. The number of hydrogen-bond donors (Lipinski definition) is 1. The summed E-state index contributed by atoms with van der Waals surface area (Å²) in [7, 11) is 0. The van der Waals surface area contributed by atoms with Crippen LogP contribution in [0.4, 0.5) is 0 Å². The zero-order valence-corrected chi connectivity index (χ0v) is 10.9. The zero-order valence-electron chi connectivity index (χ0n) is 9.39. The van der Waals surface area contributed by atoms with Crippen LogP contribution in [0.5, 0.6) is 0 Å². The molecule has 0 amide bonds. The third-order valence-electron chi connectivity index (χ3n) is 2.15. The van der Waals surface area contributed by atoms with Gasteiger partial charge < -0.3 is 5.11 Å². The fourth-order valence-electron chi connectivity index (χ4n) is 0.939. The van der Waals surface area contributed by atoms with Gasteiger partial charge in [0.25, 0.3) is 0 Å². The minimum Gasteiger partial charge on any atom is -0.378 e. The van der Waals surface area contributed by atoms with Crippen molar-refractivity contribution in [2.75, 3.05) is 31.4 Å². The van der Waals surface area contributed by atoms with Gasteiger partial charge in [-0.3, -0.25) is 4.90 Å². The Bertz CT molecular complexity index is 214. The first-order chi connectivity index (χ1) is 7.05. The van der Waals surface area contributed by atoms with Crippen LogP contribution in [0.3, 0.4) is 0 Å². The fraction of sp³-hybridized carbons (Fsp3) is 0.818. The SMILES string of the molecule is CCC(C)(O)C#CCN(CCCl)CCCl. The average molecular weight is 252 g/mol. The highest BCUT2D eigenvalue weighted by atomic mass is 35.5. The Hall–Kier alpha value is 0.0600. The molecular weight excluding hydrogens is 233 g/mol. The molecule has 0 aromatic rings. The molecule has 0 fully saturated rings. The molecule has 0 spiro atoms. The van der Waals surface area contributed by atoms with E-state index in [1.807, 2.05) is 6.92 Å². The predicted octanol–water partition coefficient (Wildman–Crippen LogP) is 1.93. The molecule has 2 nitrogen and oxygen atoms in total. The second kappa shape index (κ2) is 8.24. The Morgan fingerprint density at radius 3 is 2.20 bits per heavy atom. The molecule has 0 aromatic carbocycles. The van der Waals surface area contributed by atoms with Crippen molar-refractivity contribution in [2.24, 2.45) is 0 Å². The molecule has 0 aliphatic heterocycles. The lowest BCUT2D eigenvalue weighted by Crippen LogP contribution is -2.29. The maximum Gasteiger partial charge on any atom is 0.122 e. The number of aliphatic hydroxyl groups is 1. The van der Waals surface area contributed by atoms with E-state index in [1.54, 1.807) is 6.92 Å². The first-order valence-corrected chi connectivity index (χ1v) is 6.19. The molecule has 1 N–H and O–H groups in total. The Morgan fingerprint density at radius 1 is 1.27 bits per heavy atom. The molecule has 0 saturated heterocycles. The fourth-order valence-corrected chi connectivity index (χ4v) is 1.42. The van der Waals surface area contributed by atoms with Crippen LogP contribution in [0.15, 0.2) is 0 Å². The summed E-state index contributed by atoms with van der Waals surface area (Å²) in [5.74, 6) is 6.93. The van der Waals surface area contributed by atoms with Crippen molar-refractivity contribution >= 4 is 23.2 Å². The highest BCUT2D eigenvalue weighted by Gasteiger charge is 2.12. The van der Waals surface area contributed by atoms with E-state index in [-0.39, 0.29) is 0 Å². The van der Waals surface area contributed by atoms with Crippen LogP contribution in [0.1, 0.15) is 20.3 Å². The molecule has 0 heterocycles. The van der Waals surface area contributed by atoms with Crippen LogP contribution in [0.2, 0.25) is 0 Å². The first-order valence-electron chi connectivity index (χ1n) is 5.12. The van der Waals surface area contributed by atoms with E-state index in [0.29, 0.717) is 24.7 Å². The summed E-state index contributed by atoms with van der Waals surface area (Å²) in [6.45, 7) is 5.78. The zero-order chi connectivity index (χ0) is 11.7. The quantitative estimate of drug-likeness (QED) is 0.576. The second-order valence-corrected chi connectivity index (χ2v) is 4.34. The molecule has 0 radical (unpaired) electrons. The lowest BCUT2D eigenvalue weighted by molar-refractivity contribution is 0.118. The number of rotatable bonds is 6. The van der Waals surface area contributed by atoms with Crippen molar-refractivity contribution in [3.05, 3.63) is 0 Å². The van der Waals surface area contributed by atoms with Crippen molar-refractivity contribution in [1.82, 2.24) is 4.90 Å². The van der Waals surface area contributed by atoms with Gasteiger partial charge in [-0.25, -0.2) is 0 Å². The number of nitrogens with zero attached hydrogens (tertiary/aromatic N) is 1. The van der Waals surface area contributed by atoms with Crippen molar-refractivity contribution in [3.63, 3.8) is 0 Å². The van der Waals surface area contributed by atoms with E-state index in [2.05, 4.69) is 16.7 Å². The van der Waals surface area contributed by atoms with E-state index < -0.39 is 5.60 Å². The maximum absolute atomic E-state index is 9.65. The lowest BCUT2D eigenvalue weighted by atomic mass is 10.1. The van der Waals surface area contributed by atoms with Crippen molar-refractivity contribution in [1.29, 1.82) is 0 Å². The van der Waals surface area contributed by atoms with Gasteiger partial charge in [0.15, 0.2) is 0 Å². The molecule has 0 aromatic heterocycles. The van der Waals surface area contributed by atoms with Gasteiger partial charge in [-0.05, 0) is 13.3 Å². The van der Waals surface area contributed by atoms with Crippen molar-refractivity contribution in [2.45, 2.75) is 25.9 Å². The van der Waals surface area contributed by atoms with E-state index in [1.165, 1.54) is 0 Å². The van der Waals surface area contributed by atoms with E-state index in [0.717, 1.165) is 13.1 Å². The second-order valence-electron chi connectivity index (χ2n) is 3.58. The van der Waals surface area contributed by atoms with Gasteiger partial charge in [0.2, 0.25) is 0 Å². The molecule has 0 aliphatic rings. The average Bonchev–Trinajstić information content (AvgIpc) is 2.18. The minimum absolute atomic E-state index is 0.572. The van der Waals surface area contributed by atoms with Gasteiger partial charge in [0, 0.05) is 24.8 Å². The third-order valence-corrected chi connectivity index (χ3v) is 2.49. The largest absolute Gasteiger partial charge is 0.378 e. The van der Waals surface area contributed by atoms with Gasteiger partial charge in [-0.1, -0.05) is 18.8 Å². The van der Waals surface area contributed by atoms with Gasteiger partial charge in [-0.2, -0.15) is 0 Å². The third kappa shape index (κ3) is 7.93. The van der Waals surface area contributed by atoms with Crippen molar-refractivity contribution in [3.8, 4) is 11.8 Å². The van der Waals surface area contributed by atoms with Crippen LogP contribution in [0.25, 0.3) is 0 Å². The monoisotopic (exact) mass is 251 g/mol. The minimum atomic E-state index is -0.881. The summed E-state index contributed by atoms with van der Waals surface area (Å²) >= 11 is 11.3. The van der Waals surface area contributed by atoms with Gasteiger partial charge in [0.05, 0.1) is 6.54 Å². The van der Waals surface area contributed by atoms with E-state index in [9.17, 15) is 5.11 Å². The Balaban J connectivity index is 4.07. The smallest absolute Gasteiger partial charge is 0.122 e. The van der Waals surface area contributed by atoms with Crippen LogP contribution in [-0.4, -0.2) is 47.0 Å². The van der Waals surface area contributed by atoms with Crippen LogP contribution >= 0.6 is 23.2 Å². The van der Waals surface area contributed by atoms with Gasteiger partial charge >= 0.3 is 0 Å². The number of alkyl halides is 2. The van der Waals surface area contributed by atoms with Gasteiger partial charge in [-0.15, -0.1) is 23.2 Å². The molecule has 0 aliphatic carbocycles. The Labute approximate surface area is 103 Å². The Morgan fingerprint density at radius 2 is 1.80 bits per heavy atom. The number of halogens is 2. The topological polar surface area (TPSA) is 23.5 Å². The molecule has 0 rings (SSSR count). The molecule has 1 atom stereocenters. The summed E-state index contributed by atoms with van der Waals surface area (Å²) in [4.78, 5) is 2.07. The molecule has 0 bridgehead atoms. The van der Waals surface area contributed by atoms with Gasteiger partial charge in [0.1, 0.15) is 5.60 Å². The molecule has 15 heavy (non-hydrogen) atoms. The van der Waals surface area contributed by atoms with Crippen LogP contribution in [-0.2, 0) is 0 Å². The van der Waals surface area contributed by atoms with Crippen LogP contribution in [0, 0.1) is 11.8 Å². The van der Waals surface area contributed by atoms with E-state index in [4.69, 9.17) is 23.2 Å². The van der Waals surface area contributed by atoms with Crippen molar-refractivity contribution < 1.29 is 5.11 Å². The summed E-state index contributed by atoms with van der Waals surface area (Å²) in [6, 6.07) is 0.